The number of pyridine rings is 1. The van der Waals surface area contributed by atoms with E-state index in [2.05, 4.69) is 4.98 Å². The number of halogens is 2. The van der Waals surface area contributed by atoms with Crippen LogP contribution in [0, 0.1) is 11.6 Å². The maximum Gasteiger partial charge on any atom is 0.126 e. The highest BCUT2D eigenvalue weighted by molar-refractivity contribution is 5.30. The van der Waals surface area contributed by atoms with E-state index in [1.807, 2.05) is 6.07 Å². The first-order valence-corrected chi connectivity index (χ1v) is 6.72. The first-order chi connectivity index (χ1) is 9.65. The predicted octanol–water partition coefficient (Wildman–Crippen LogP) is 3.51. The molecular weight excluding hydrogens is 260 g/mol. The van der Waals surface area contributed by atoms with E-state index in [4.69, 9.17) is 0 Å². The summed E-state index contributed by atoms with van der Waals surface area (Å²) in [6.07, 6.45) is 2.70. The summed E-state index contributed by atoms with van der Waals surface area (Å²) in [5.41, 5.74) is 1.95. The third-order valence-electron chi connectivity index (χ3n) is 3.89. The molecule has 1 aromatic carbocycles. The lowest BCUT2D eigenvalue weighted by atomic mass is 9.90. The molecule has 0 fully saturated rings. The Labute approximate surface area is 116 Å². The van der Waals surface area contributed by atoms with Crippen molar-refractivity contribution in [2.45, 2.75) is 31.3 Å². The lowest BCUT2D eigenvalue weighted by molar-refractivity contribution is 0.160. The van der Waals surface area contributed by atoms with Crippen LogP contribution in [-0.2, 0) is 6.42 Å². The molecular formula is C16H15F2NO. The molecule has 2 atom stereocenters. The van der Waals surface area contributed by atoms with Crippen LogP contribution in [0.2, 0.25) is 0 Å². The fourth-order valence-electron chi connectivity index (χ4n) is 2.88. The predicted molar refractivity (Wildman–Crippen MR) is 71.2 cm³/mol. The molecule has 104 valence electrons. The van der Waals surface area contributed by atoms with Crippen molar-refractivity contribution >= 4 is 0 Å². The molecule has 0 unspecified atom stereocenters. The van der Waals surface area contributed by atoms with Crippen molar-refractivity contribution in [2.75, 3.05) is 0 Å². The van der Waals surface area contributed by atoms with E-state index in [0.717, 1.165) is 17.7 Å². The standard InChI is InChI=1S/C16H15F2NO/c17-12-4-5-14(18)13(9-12)10-3-6-15(20)16-11(8-10)2-1-7-19-16/h1-2,4-5,7,9-10,15,20H,3,6,8H2/t10-,15-/m1/s1. The molecule has 0 amide bonds. The zero-order valence-electron chi connectivity index (χ0n) is 10.9. The van der Waals surface area contributed by atoms with Crippen molar-refractivity contribution < 1.29 is 13.9 Å². The minimum atomic E-state index is -0.632. The Kier molecular flexibility index (Phi) is 3.49. The normalized spacial score (nSPS) is 22.1. The Balaban J connectivity index is 1.99. The van der Waals surface area contributed by atoms with E-state index >= 15 is 0 Å². The number of rotatable bonds is 1. The first kappa shape index (κ1) is 13.2. The molecule has 1 aliphatic carbocycles. The van der Waals surface area contributed by atoms with Gasteiger partial charge in [-0.2, -0.15) is 0 Å². The van der Waals surface area contributed by atoms with Crippen molar-refractivity contribution in [1.82, 2.24) is 4.98 Å². The molecule has 0 aliphatic heterocycles. The smallest absolute Gasteiger partial charge is 0.126 e. The fourth-order valence-corrected chi connectivity index (χ4v) is 2.88. The van der Waals surface area contributed by atoms with Crippen LogP contribution in [0.3, 0.4) is 0 Å². The van der Waals surface area contributed by atoms with Gasteiger partial charge in [-0.05, 0) is 60.6 Å². The molecule has 0 bridgehead atoms. The van der Waals surface area contributed by atoms with Crippen molar-refractivity contribution in [1.29, 1.82) is 0 Å². The highest BCUT2D eigenvalue weighted by Gasteiger charge is 2.26. The molecule has 0 saturated heterocycles. The number of benzene rings is 1. The van der Waals surface area contributed by atoms with Gasteiger partial charge in [0.05, 0.1) is 11.8 Å². The number of hydrogen-bond acceptors (Lipinski definition) is 2. The second-order valence-electron chi connectivity index (χ2n) is 5.21. The van der Waals surface area contributed by atoms with E-state index in [9.17, 15) is 13.9 Å². The molecule has 0 saturated carbocycles. The van der Waals surface area contributed by atoms with E-state index in [-0.39, 0.29) is 5.92 Å². The van der Waals surface area contributed by atoms with Crippen LogP contribution in [0.5, 0.6) is 0 Å². The third kappa shape index (κ3) is 2.43. The molecule has 0 radical (unpaired) electrons. The summed E-state index contributed by atoms with van der Waals surface area (Å²) in [5.74, 6) is -0.957. The van der Waals surface area contributed by atoms with Gasteiger partial charge < -0.3 is 5.11 Å². The van der Waals surface area contributed by atoms with Crippen molar-refractivity contribution in [2.24, 2.45) is 0 Å². The third-order valence-corrected chi connectivity index (χ3v) is 3.89. The average Bonchev–Trinajstić information content (AvgIpc) is 2.62. The Bertz CT molecular complexity index is 630. The van der Waals surface area contributed by atoms with Crippen LogP contribution >= 0.6 is 0 Å². The molecule has 1 N–H and O–H groups in total. The van der Waals surface area contributed by atoms with E-state index in [0.29, 0.717) is 30.5 Å². The molecule has 1 heterocycles. The first-order valence-electron chi connectivity index (χ1n) is 6.72. The lowest BCUT2D eigenvalue weighted by Crippen LogP contribution is -2.05. The highest BCUT2D eigenvalue weighted by Crippen LogP contribution is 2.36. The van der Waals surface area contributed by atoms with Gasteiger partial charge in [-0.15, -0.1) is 0 Å². The van der Waals surface area contributed by atoms with Crippen molar-refractivity contribution in [3.05, 3.63) is 65.0 Å². The van der Waals surface area contributed by atoms with Gasteiger partial charge in [0.2, 0.25) is 0 Å². The van der Waals surface area contributed by atoms with Crippen LogP contribution < -0.4 is 0 Å². The average molecular weight is 275 g/mol. The van der Waals surface area contributed by atoms with Crippen LogP contribution in [0.4, 0.5) is 8.78 Å². The van der Waals surface area contributed by atoms with E-state index in [1.54, 1.807) is 12.3 Å². The number of nitrogens with zero attached hydrogens (tertiary/aromatic N) is 1. The van der Waals surface area contributed by atoms with Gasteiger partial charge in [0.15, 0.2) is 0 Å². The second kappa shape index (κ2) is 5.29. The Morgan fingerprint density at radius 3 is 2.85 bits per heavy atom. The summed E-state index contributed by atoms with van der Waals surface area (Å²) >= 11 is 0. The van der Waals surface area contributed by atoms with Gasteiger partial charge >= 0.3 is 0 Å². The monoisotopic (exact) mass is 275 g/mol. The maximum absolute atomic E-state index is 13.9. The molecule has 4 heteroatoms. The molecule has 2 nitrogen and oxygen atoms in total. The number of aliphatic hydroxyl groups excluding tert-OH is 1. The molecule has 3 rings (SSSR count). The molecule has 20 heavy (non-hydrogen) atoms. The van der Waals surface area contributed by atoms with Gasteiger partial charge in [-0.1, -0.05) is 6.07 Å². The number of hydrogen-bond donors (Lipinski definition) is 1. The molecule has 1 aliphatic rings. The van der Waals surface area contributed by atoms with Crippen molar-refractivity contribution in [3.8, 4) is 0 Å². The molecule has 1 aromatic heterocycles. The lowest BCUT2D eigenvalue weighted by Gasteiger charge is -2.16. The highest BCUT2D eigenvalue weighted by atomic mass is 19.1. The molecule has 0 spiro atoms. The summed E-state index contributed by atoms with van der Waals surface area (Å²) in [6.45, 7) is 0. The topological polar surface area (TPSA) is 33.1 Å². The number of fused-ring (bicyclic) bond motifs is 1. The summed E-state index contributed by atoms with van der Waals surface area (Å²) in [4.78, 5) is 4.21. The van der Waals surface area contributed by atoms with Gasteiger partial charge in [-0.25, -0.2) is 8.78 Å². The van der Waals surface area contributed by atoms with Crippen LogP contribution in [0.15, 0.2) is 36.5 Å². The Morgan fingerprint density at radius 1 is 1.15 bits per heavy atom. The summed E-state index contributed by atoms with van der Waals surface area (Å²) in [7, 11) is 0. The van der Waals surface area contributed by atoms with E-state index < -0.39 is 17.7 Å². The van der Waals surface area contributed by atoms with Crippen molar-refractivity contribution in [3.63, 3.8) is 0 Å². The quantitative estimate of drug-likeness (QED) is 0.808. The Hall–Kier alpha value is -1.81. The summed E-state index contributed by atoms with van der Waals surface area (Å²) < 4.78 is 27.3. The van der Waals surface area contributed by atoms with Gasteiger partial charge in [0.1, 0.15) is 11.6 Å². The molecule has 2 aromatic rings. The van der Waals surface area contributed by atoms with Crippen LogP contribution in [0.25, 0.3) is 0 Å². The van der Waals surface area contributed by atoms with Gasteiger partial charge in [0, 0.05) is 6.20 Å². The van der Waals surface area contributed by atoms with Crippen LogP contribution in [-0.4, -0.2) is 10.1 Å². The largest absolute Gasteiger partial charge is 0.387 e. The zero-order valence-corrected chi connectivity index (χ0v) is 10.9. The van der Waals surface area contributed by atoms with E-state index in [1.165, 1.54) is 6.07 Å². The minimum absolute atomic E-state index is 0.134. The number of aromatic nitrogens is 1. The summed E-state index contributed by atoms with van der Waals surface area (Å²) in [6, 6.07) is 7.24. The zero-order chi connectivity index (χ0) is 14.1. The minimum Gasteiger partial charge on any atom is -0.387 e. The fraction of sp³-hybridized carbons (Fsp3) is 0.312. The Morgan fingerprint density at radius 2 is 2.00 bits per heavy atom. The second-order valence-corrected chi connectivity index (χ2v) is 5.21. The number of aliphatic hydroxyl groups is 1. The summed E-state index contributed by atoms with van der Waals surface area (Å²) in [5, 5.41) is 10.1. The van der Waals surface area contributed by atoms with Gasteiger partial charge in [0.25, 0.3) is 0 Å². The maximum atomic E-state index is 13.9. The van der Waals surface area contributed by atoms with Crippen LogP contribution in [0.1, 0.15) is 41.7 Å². The SMILES string of the molecule is O[C@@H]1CC[C@@H](c2cc(F)ccc2F)Cc2cccnc21. The van der Waals surface area contributed by atoms with Gasteiger partial charge in [-0.3, -0.25) is 4.98 Å².